The van der Waals surface area contributed by atoms with E-state index in [9.17, 15) is 22.8 Å². The van der Waals surface area contributed by atoms with E-state index >= 15 is 0 Å². The summed E-state index contributed by atoms with van der Waals surface area (Å²) < 4.78 is 48.5. The number of furan rings is 1. The number of thiazole rings is 1. The van der Waals surface area contributed by atoms with Gasteiger partial charge in [0.25, 0.3) is 11.5 Å². The van der Waals surface area contributed by atoms with Crippen LogP contribution in [0.4, 0.5) is 13.2 Å². The van der Waals surface area contributed by atoms with Gasteiger partial charge < -0.3 is 19.5 Å². The first-order valence-electron chi connectivity index (χ1n) is 9.87. The second-order valence-electron chi connectivity index (χ2n) is 7.08. The molecule has 0 saturated carbocycles. The maximum Gasteiger partial charge on any atom is 0.449 e. The lowest BCUT2D eigenvalue weighted by Gasteiger charge is -2.08. The Labute approximate surface area is 194 Å². The van der Waals surface area contributed by atoms with Crippen LogP contribution in [0.5, 0.6) is 5.75 Å². The molecule has 0 saturated heterocycles. The predicted molar refractivity (Wildman–Crippen MR) is 116 cm³/mol. The van der Waals surface area contributed by atoms with Crippen molar-refractivity contribution in [3.05, 3.63) is 86.9 Å². The van der Waals surface area contributed by atoms with E-state index in [2.05, 4.69) is 20.3 Å². The van der Waals surface area contributed by atoms with E-state index in [1.165, 1.54) is 12.3 Å². The fourth-order valence-corrected chi connectivity index (χ4v) is 4.05. The van der Waals surface area contributed by atoms with Crippen molar-refractivity contribution in [2.75, 3.05) is 0 Å². The molecule has 0 aliphatic heterocycles. The average molecular weight is 490 g/mol. The zero-order valence-electron chi connectivity index (χ0n) is 17.6. The van der Waals surface area contributed by atoms with Gasteiger partial charge in [-0.15, -0.1) is 11.3 Å². The van der Waals surface area contributed by atoms with E-state index in [0.717, 1.165) is 29.0 Å². The number of pyridine rings is 2. The lowest BCUT2D eigenvalue weighted by atomic mass is 10.2. The van der Waals surface area contributed by atoms with Crippen LogP contribution in [0, 0.1) is 6.92 Å². The van der Waals surface area contributed by atoms with E-state index in [1.807, 2.05) is 6.07 Å². The minimum atomic E-state index is -4.61. The van der Waals surface area contributed by atoms with Crippen LogP contribution in [0.15, 0.2) is 58.1 Å². The molecule has 0 radical (unpaired) electrons. The molecule has 0 aromatic carbocycles. The van der Waals surface area contributed by atoms with Crippen LogP contribution in [0.25, 0.3) is 10.6 Å². The molecular weight excluding hydrogens is 473 g/mol. The molecule has 8 nitrogen and oxygen atoms in total. The highest BCUT2D eigenvalue weighted by atomic mass is 32.1. The molecule has 0 atom stereocenters. The molecule has 4 heterocycles. The number of amides is 1. The molecule has 12 heteroatoms. The standard InChI is InChI=1S/C22H17F3N4O4S/c1-12-18(20(31)28-10-13-3-2-7-26-9-13)34-21(29-12)17-15(6-8-27-19(17)30)32-11-14-4-5-16(33-14)22(23,24)25/h2-9H,10-11H2,1H3,(H,27,30)(H,28,31). The van der Waals surface area contributed by atoms with Crippen LogP contribution >= 0.6 is 11.3 Å². The Morgan fingerprint density at radius 2 is 2.09 bits per heavy atom. The van der Waals surface area contributed by atoms with Gasteiger partial charge in [-0.1, -0.05) is 6.07 Å². The zero-order chi connectivity index (χ0) is 24.3. The quantitative estimate of drug-likeness (QED) is 0.399. The van der Waals surface area contributed by atoms with E-state index in [-0.39, 0.29) is 41.1 Å². The molecule has 176 valence electrons. The third-order valence-corrected chi connectivity index (χ3v) is 5.80. The van der Waals surface area contributed by atoms with Gasteiger partial charge in [-0.25, -0.2) is 4.98 Å². The van der Waals surface area contributed by atoms with Crippen LogP contribution < -0.4 is 15.6 Å². The molecule has 0 unspecified atom stereocenters. The highest BCUT2D eigenvalue weighted by molar-refractivity contribution is 7.17. The molecular formula is C22H17F3N4O4S. The molecule has 0 bridgehead atoms. The first-order valence-corrected chi connectivity index (χ1v) is 10.7. The number of alkyl halides is 3. The number of aryl methyl sites for hydroxylation is 1. The van der Waals surface area contributed by atoms with Crippen LogP contribution in [-0.4, -0.2) is 20.9 Å². The minimum absolute atomic E-state index is 0.0597. The van der Waals surface area contributed by atoms with Gasteiger partial charge in [0.2, 0.25) is 5.76 Å². The molecule has 4 aromatic heterocycles. The topological polar surface area (TPSA) is 110 Å². The molecule has 0 aliphatic carbocycles. The second-order valence-corrected chi connectivity index (χ2v) is 8.08. The summed E-state index contributed by atoms with van der Waals surface area (Å²) in [6, 6.07) is 6.98. The normalized spacial score (nSPS) is 11.4. The van der Waals surface area contributed by atoms with E-state index in [1.54, 1.807) is 25.4 Å². The zero-order valence-corrected chi connectivity index (χ0v) is 18.4. The van der Waals surface area contributed by atoms with E-state index in [4.69, 9.17) is 9.15 Å². The summed E-state index contributed by atoms with van der Waals surface area (Å²) in [5.41, 5.74) is 0.771. The number of hydrogen-bond donors (Lipinski definition) is 2. The molecule has 1 amide bonds. The number of halogens is 3. The molecule has 4 rings (SSSR count). The Balaban J connectivity index is 1.54. The highest BCUT2D eigenvalue weighted by Crippen LogP contribution is 2.33. The molecule has 2 N–H and O–H groups in total. The van der Waals surface area contributed by atoms with E-state index in [0.29, 0.717) is 10.6 Å². The number of carbonyl (C=O) groups is 1. The number of rotatable bonds is 7. The first kappa shape index (κ1) is 23.2. The van der Waals surface area contributed by atoms with Crippen molar-refractivity contribution in [1.29, 1.82) is 0 Å². The summed E-state index contributed by atoms with van der Waals surface area (Å²) in [5, 5.41) is 3.01. The Kier molecular flexibility index (Phi) is 6.50. The van der Waals surface area contributed by atoms with Crippen LogP contribution in [0.3, 0.4) is 0 Å². The number of hydrogen-bond acceptors (Lipinski definition) is 7. The van der Waals surface area contributed by atoms with Gasteiger partial charge in [0.1, 0.15) is 33.6 Å². The summed E-state index contributed by atoms with van der Waals surface area (Å²) in [6.07, 6.45) is -0.00962. The molecule has 34 heavy (non-hydrogen) atoms. The van der Waals surface area contributed by atoms with Crippen LogP contribution in [-0.2, 0) is 19.3 Å². The van der Waals surface area contributed by atoms with E-state index < -0.39 is 17.5 Å². The maximum atomic E-state index is 12.7. The number of nitrogens with zero attached hydrogens (tertiary/aromatic N) is 2. The maximum absolute atomic E-state index is 12.7. The average Bonchev–Trinajstić information content (AvgIpc) is 3.43. The van der Waals surface area contributed by atoms with Gasteiger partial charge in [-0.3, -0.25) is 14.6 Å². The lowest BCUT2D eigenvalue weighted by Crippen LogP contribution is -2.22. The first-order chi connectivity index (χ1) is 16.2. The van der Waals surface area contributed by atoms with Crippen LogP contribution in [0.1, 0.15) is 32.4 Å². The third-order valence-electron chi connectivity index (χ3n) is 4.63. The smallest absolute Gasteiger partial charge is 0.449 e. The number of aromatic amines is 1. The number of aromatic nitrogens is 3. The highest BCUT2D eigenvalue weighted by Gasteiger charge is 2.34. The summed E-state index contributed by atoms with van der Waals surface area (Å²) in [4.78, 5) is 36.4. The van der Waals surface area contributed by atoms with Crippen molar-refractivity contribution in [2.45, 2.75) is 26.3 Å². The molecule has 0 fully saturated rings. The number of ether oxygens (including phenoxy) is 1. The molecule has 0 aliphatic rings. The van der Waals surface area contributed by atoms with Crippen molar-refractivity contribution in [3.63, 3.8) is 0 Å². The van der Waals surface area contributed by atoms with Gasteiger partial charge in [0, 0.05) is 25.1 Å². The summed E-state index contributed by atoms with van der Waals surface area (Å²) >= 11 is 1.00. The SMILES string of the molecule is Cc1nc(-c2c(OCc3ccc(C(F)(F)F)o3)cc[nH]c2=O)sc1C(=O)NCc1cccnc1. The van der Waals surface area contributed by atoms with Gasteiger partial charge in [0.15, 0.2) is 0 Å². The van der Waals surface area contributed by atoms with Crippen molar-refractivity contribution in [2.24, 2.45) is 0 Å². The minimum Gasteiger partial charge on any atom is -0.485 e. The van der Waals surface area contributed by atoms with Crippen molar-refractivity contribution < 1.29 is 27.1 Å². The van der Waals surface area contributed by atoms with Crippen LogP contribution in [0.2, 0.25) is 0 Å². The predicted octanol–water partition coefficient (Wildman–Crippen LogP) is 4.32. The van der Waals surface area contributed by atoms with Gasteiger partial charge in [-0.2, -0.15) is 13.2 Å². The largest absolute Gasteiger partial charge is 0.485 e. The summed E-state index contributed by atoms with van der Waals surface area (Å²) in [7, 11) is 0. The molecule has 4 aromatic rings. The van der Waals surface area contributed by atoms with Crippen molar-refractivity contribution >= 4 is 17.2 Å². The van der Waals surface area contributed by atoms with Gasteiger partial charge in [-0.05, 0) is 36.8 Å². The number of carbonyl (C=O) groups excluding carboxylic acids is 1. The van der Waals surface area contributed by atoms with Crippen molar-refractivity contribution in [3.8, 4) is 16.3 Å². The Bertz CT molecular complexity index is 1360. The summed E-state index contributed by atoms with van der Waals surface area (Å²) in [6.45, 7) is 1.57. The Hall–Kier alpha value is -3.93. The lowest BCUT2D eigenvalue weighted by molar-refractivity contribution is -0.153. The number of H-pyrrole nitrogens is 1. The fourth-order valence-electron chi connectivity index (χ4n) is 3.02. The second kappa shape index (κ2) is 9.51. The van der Waals surface area contributed by atoms with Gasteiger partial charge >= 0.3 is 6.18 Å². The monoisotopic (exact) mass is 490 g/mol. The fraction of sp³-hybridized carbons (Fsp3) is 0.182. The van der Waals surface area contributed by atoms with Crippen molar-refractivity contribution in [1.82, 2.24) is 20.3 Å². The Morgan fingerprint density at radius 1 is 1.26 bits per heavy atom. The molecule has 0 spiro atoms. The Morgan fingerprint density at radius 3 is 2.79 bits per heavy atom. The van der Waals surface area contributed by atoms with Gasteiger partial charge in [0.05, 0.1) is 5.69 Å². The third kappa shape index (κ3) is 5.17. The number of nitrogens with one attached hydrogen (secondary N) is 2. The summed E-state index contributed by atoms with van der Waals surface area (Å²) in [5.74, 6) is -1.49.